The van der Waals surface area contributed by atoms with Crippen molar-refractivity contribution in [3.63, 3.8) is 0 Å². The summed E-state index contributed by atoms with van der Waals surface area (Å²) in [5, 5.41) is 0. The summed E-state index contributed by atoms with van der Waals surface area (Å²) in [4.78, 5) is 0. The Morgan fingerprint density at radius 1 is 0.725 bits per heavy atom. The van der Waals surface area contributed by atoms with Gasteiger partial charge in [0.1, 0.15) is 0 Å². The predicted molar refractivity (Wildman–Crippen MR) is 176 cm³/mol. The van der Waals surface area contributed by atoms with Gasteiger partial charge >= 0.3 is 0 Å². The number of methoxy groups -OCH3 is 2. The maximum absolute atomic E-state index is 5.96. The fourth-order valence-corrected chi connectivity index (χ4v) is 8.07. The van der Waals surface area contributed by atoms with Gasteiger partial charge in [-0.1, -0.05) is 141 Å². The zero-order chi connectivity index (χ0) is 28.7. The van der Waals surface area contributed by atoms with Crippen molar-refractivity contribution in [3.8, 4) is 0 Å². The van der Waals surface area contributed by atoms with E-state index in [9.17, 15) is 0 Å². The summed E-state index contributed by atoms with van der Waals surface area (Å²) < 4.78 is 11.2. The van der Waals surface area contributed by atoms with E-state index in [1.807, 2.05) is 14.2 Å². The fourth-order valence-electron chi connectivity index (χ4n) is 8.07. The third-order valence-electron chi connectivity index (χ3n) is 10.4. The Balaban J connectivity index is 2.21. The van der Waals surface area contributed by atoms with Gasteiger partial charge in [0, 0.05) is 27.4 Å². The number of ether oxygens (including phenoxy) is 2. The minimum absolute atomic E-state index is 0.295. The van der Waals surface area contributed by atoms with Gasteiger partial charge in [-0.15, -0.1) is 0 Å². The Kier molecular flexibility index (Phi) is 20.4. The lowest BCUT2D eigenvalue weighted by atomic mass is 9.53. The van der Waals surface area contributed by atoms with Gasteiger partial charge < -0.3 is 9.47 Å². The summed E-state index contributed by atoms with van der Waals surface area (Å²) in [6, 6.07) is 0. The summed E-state index contributed by atoms with van der Waals surface area (Å²) in [5.41, 5.74) is 0.295. The molecule has 0 aromatic heterocycles. The van der Waals surface area contributed by atoms with E-state index in [1.54, 1.807) is 0 Å². The Hall–Kier alpha value is -0.600. The van der Waals surface area contributed by atoms with Crippen molar-refractivity contribution >= 4 is 0 Å². The van der Waals surface area contributed by atoms with Crippen molar-refractivity contribution in [2.24, 2.45) is 29.1 Å². The summed E-state index contributed by atoms with van der Waals surface area (Å²) in [6.07, 6.45) is 42.4. The second kappa shape index (κ2) is 22.9. The molecule has 1 spiro atoms. The van der Waals surface area contributed by atoms with E-state index in [0.717, 1.165) is 25.0 Å². The van der Waals surface area contributed by atoms with Crippen LogP contribution in [0, 0.1) is 29.1 Å². The fraction of sp³-hybridized carbons (Fsp3) is 0.895. The molecule has 2 heteroatoms. The van der Waals surface area contributed by atoms with Gasteiger partial charge in [0.05, 0.1) is 0 Å². The lowest BCUT2D eigenvalue weighted by Crippen LogP contribution is -2.46. The molecule has 0 N–H and O–H groups in total. The van der Waals surface area contributed by atoms with Gasteiger partial charge in [0.2, 0.25) is 0 Å². The quantitative estimate of drug-likeness (QED) is 0.0971. The van der Waals surface area contributed by atoms with Crippen LogP contribution < -0.4 is 0 Å². The van der Waals surface area contributed by atoms with Crippen LogP contribution in [0.2, 0.25) is 0 Å². The van der Waals surface area contributed by atoms with Crippen LogP contribution in [0.4, 0.5) is 0 Å². The molecule has 40 heavy (non-hydrogen) atoms. The first kappa shape index (κ1) is 35.6. The van der Waals surface area contributed by atoms with Crippen molar-refractivity contribution in [3.05, 3.63) is 24.3 Å². The molecule has 1 saturated carbocycles. The normalized spacial score (nSPS) is 27.4. The Morgan fingerprint density at radius 3 is 2.12 bits per heavy atom. The molecule has 5 unspecified atom stereocenters. The van der Waals surface area contributed by atoms with Crippen LogP contribution in [0.15, 0.2) is 24.3 Å². The average Bonchev–Trinajstić information content (AvgIpc) is 2.95. The molecule has 0 aromatic carbocycles. The van der Waals surface area contributed by atoms with E-state index in [-0.39, 0.29) is 0 Å². The van der Waals surface area contributed by atoms with Gasteiger partial charge in [-0.25, -0.2) is 0 Å². The molecule has 0 radical (unpaired) electrons. The van der Waals surface area contributed by atoms with E-state index in [1.165, 1.54) is 148 Å². The number of rotatable bonds is 22. The second-order valence-electron chi connectivity index (χ2n) is 13.5. The average molecular weight is 559 g/mol. The zero-order valence-electron chi connectivity index (χ0n) is 27.6. The van der Waals surface area contributed by atoms with Crippen LogP contribution in [-0.2, 0) is 9.47 Å². The first-order valence-corrected chi connectivity index (χ1v) is 18.1. The van der Waals surface area contributed by atoms with E-state index < -0.39 is 0 Å². The molecule has 2 aliphatic rings. The molecule has 5 atom stereocenters. The smallest absolute Gasteiger partial charge is 0.0499 e. The highest BCUT2D eigenvalue weighted by atomic mass is 16.5. The molecular formula is C38H70O2. The Morgan fingerprint density at radius 2 is 1.40 bits per heavy atom. The number of unbranched alkanes of at least 4 members (excludes halogenated alkanes) is 12. The molecule has 234 valence electrons. The SMILES string of the molecule is CCCCCCC1C=CC2(CCCCCCC2COC)C(/C=C/CCCCCCCCOC)C1CCCCCC. The minimum atomic E-state index is 0.295. The summed E-state index contributed by atoms with van der Waals surface area (Å²) in [7, 11) is 3.76. The highest BCUT2D eigenvalue weighted by Gasteiger charge is 2.48. The molecular weight excluding hydrogens is 488 g/mol. The first-order valence-electron chi connectivity index (χ1n) is 18.1. The van der Waals surface area contributed by atoms with Crippen LogP contribution in [0.1, 0.15) is 162 Å². The summed E-state index contributed by atoms with van der Waals surface area (Å²) >= 11 is 0. The molecule has 0 bridgehead atoms. The molecule has 0 aliphatic heterocycles. The molecule has 0 heterocycles. The summed E-state index contributed by atoms with van der Waals surface area (Å²) in [5.74, 6) is 2.91. The van der Waals surface area contributed by atoms with Crippen molar-refractivity contribution in [1.82, 2.24) is 0 Å². The third-order valence-corrected chi connectivity index (χ3v) is 10.4. The number of allylic oxidation sites excluding steroid dienone is 4. The number of hydrogen-bond donors (Lipinski definition) is 0. The molecule has 2 aliphatic carbocycles. The maximum atomic E-state index is 5.96. The zero-order valence-corrected chi connectivity index (χ0v) is 27.6. The first-order chi connectivity index (χ1) is 19.7. The van der Waals surface area contributed by atoms with Crippen molar-refractivity contribution < 1.29 is 9.47 Å². The lowest BCUT2D eigenvalue weighted by molar-refractivity contribution is 0.00485. The molecule has 2 nitrogen and oxygen atoms in total. The van der Waals surface area contributed by atoms with Crippen molar-refractivity contribution in [2.45, 2.75) is 162 Å². The largest absolute Gasteiger partial charge is 0.385 e. The predicted octanol–water partition coefficient (Wildman–Crippen LogP) is 11.9. The standard InChI is InChI=1S/C38H70O2/c1-5-7-9-19-25-34-29-31-38(30-23-17-16-20-26-35(38)33-40-4)37(36(34)27-21-10-8-6-2)28-22-15-13-11-12-14-18-24-32-39-3/h22,28-29,31,34-37H,5-21,23-27,30,32-33H2,1-4H3/b28-22+. The van der Waals surface area contributed by atoms with E-state index in [0.29, 0.717) is 17.3 Å². The van der Waals surface area contributed by atoms with Gasteiger partial charge in [-0.2, -0.15) is 0 Å². The van der Waals surface area contributed by atoms with Gasteiger partial charge in [0.15, 0.2) is 0 Å². The van der Waals surface area contributed by atoms with Gasteiger partial charge in [-0.3, -0.25) is 0 Å². The Bertz CT molecular complexity index is 639. The molecule has 0 aromatic rings. The van der Waals surface area contributed by atoms with Crippen molar-refractivity contribution in [1.29, 1.82) is 0 Å². The van der Waals surface area contributed by atoms with Gasteiger partial charge in [0.25, 0.3) is 0 Å². The van der Waals surface area contributed by atoms with Crippen LogP contribution in [-0.4, -0.2) is 27.4 Å². The van der Waals surface area contributed by atoms with E-state index in [4.69, 9.17) is 9.47 Å². The Labute approximate surface area is 251 Å². The van der Waals surface area contributed by atoms with Crippen LogP contribution >= 0.6 is 0 Å². The highest BCUT2D eigenvalue weighted by molar-refractivity contribution is 5.19. The van der Waals surface area contributed by atoms with E-state index >= 15 is 0 Å². The summed E-state index contributed by atoms with van der Waals surface area (Å²) in [6.45, 7) is 6.54. The van der Waals surface area contributed by atoms with Crippen LogP contribution in [0.25, 0.3) is 0 Å². The molecule has 0 saturated heterocycles. The van der Waals surface area contributed by atoms with Crippen LogP contribution in [0.5, 0.6) is 0 Å². The number of hydrogen-bond acceptors (Lipinski definition) is 2. The molecule has 2 rings (SSSR count). The topological polar surface area (TPSA) is 18.5 Å². The van der Waals surface area contributed by atoms with Crippen molar-refractivity contribution in [2.75, 3.05) is 27.4 Å². The molecule has 0 amide bonds. The highest BCUT2D eigenvalue weighted by Crippen LogP contribution is 2.55. The van der Waals surface area contributed by atoms with Crippen LogP contribution in [0.3, 0.4) is 0 Å². The van der Waals surface area contributed by atoms with E-state index in [2.05, 4.69) is 38.2 Å². The molecule has 1 fully saturated rings. The second-order valence-corrected chi connectivity index (χ2v) is 13.5. The third kappa shape index (κ3) is 12.7. The minimum Gasteiger partial charge on any atom is -0.385 e. The maximum Gasteiger partial charge on any atom is 0.0499 e. The monoisotopic (exact) mass is 559 g/mol. The van der Waals surface area contributed by atoms with Gasteiger partial charge in [-0.05, 0) is 74.0 Å². The lowest BCUT2D eigenvalue weighted by Gasteiger charge is -2.52.